The van der Waals surface area contributed by atoms with Crippen LogP contribution in [-0.4, -0.2) is 9.97 Å². The molecule has 1 aromatic heterocycles. The molecule has 0 saturated heterocycles. The zero-order valence-corrected chi connectivity index (χ0v) is 37.4. The summed E-state index contributed by atoms with van der Waals surface area (Å²) in [6, 6.07) is 71.7. The minimum Gasteiger partial charge on any atom is -0.243 e. The second-order valence-corrected chi connectivity index (χ2v) is 19.4. The van der Waals surface area contributed by atoms with Gasteiger partial charge in [-0.25, -0.2) is 9.97 Å². The summed E-state index contributed by atoms with van der Waals surface area (Å²) in [5, 5.41) is 0. The third-order valence-electron chi connectivity index (χ3n) is 15.9. The third kappa shape index (κ3) is 6.22. The van der Waals surface area contributed by atoms with E-state index in [-0.39, 0.29) is 10.8 Å². The molecule has 2 spiro atoms. The van der Waals surface area contributed by atoms with E-state index < -0.39 is 0 Å². The zero-order valence-electron chi connectivity index (χ0n) is 37.4. The summed E-state index contributed by atoms with van der Waals surface area (Å²) < 4.78 is 0. The molecule has 4 aliphatic rings. The van der Waals surface area contributed by atoms with Gasteiger partial charge in [0.05, 0.1) is 22.8 Å². The summed E-state index contributed by atoms with van der Waals surface area (Å²) in [6.45, 7) is 0. The fraction of sp³-hybridized carbons (Fsp3) is 0.188. The number of hydrogen-bond acceptors (Lipinski definition) is 2. The molecule has 1 heterocycles. The number of rotatable bonds is 6. The van der Waals surface area contributed by atoms with Gasteiger partial charge in [0.15, 0.2) is 0 Å². The molecule has 0 amide bonds. The Hall–Kier alpha value is -7.16. The van der Waals surface area contributed by atoms with Gasteiger partial charge in [0.25, 0.3) is 0 Å². The van der Waals surface area contributed by atoms with Crippen LogP contribution >= 0.6 is 0 Å². The summed E-state index contributed by atoms with van der Waals surface area (Å²) in [7, 11) is 0. The van der Waals surface area contributed by atoms with Crippen molar-refractivity contribution in [2.24, 2.45) is 0 Å². The van der Waals surface area contributed by atoms with Crippen molar-refractivity contribution in [3.63, 3.8) is 0 Å². The number of hydrogen-bond donors (Lipinski definition) is 0. The molecule has 4 aliphatic carbocycles. The summed E-state index contributed by atoms with van der Waals surface area (Å²) in [5.74, 6) is 0. The van der Waals surface area contributed by atoms with Crippen molar-refractivity contribution in [3.05, 3.63) is 216 Å². The van der Waals surface area contributed by atoms with E-state index in [2.05, 4.69) is 188 Å². The molecular weight excluding hydrogens is 797 g/mol. The number of aromatic nitrogens is 2. The van der Waals surface area contributed by atoms with Gasteiger partial charge >= 0.3 is 0 Å². The van der Waals surface area contributed by atoms with Crippen LogP contribution in [-0.2, 0) is 10.8 Å². The van der Waals surface area contributed by atoms with Gasteiger partial charge in [0.2, 0.25) is 0 Å². The predicted octanol–water partition coefficient (Wildman–Crippen LogP) is 16.9. The van der Waals surface area contributed by atoms with Crippen LogP contribution in [0.4, 0.5) is 0 Å². The Labute approximate surface area is 389 Å². The monoisotopic (exact) mass is 848 g/mol. The van der Waals surface area contributed by atoms with Crippen molar-refractivity contribution >= 4 is 0 Å². The van der Waals surface area contributed by atoms with Gasteiger partial charge in [-0.15, -0.1) is 0 Å². The van der Waals surface area contributed by atoms with Crippen LogP contribution in [0, 0.1) is 0 Å². The lowest BCUT2D eigenvalue weighted by molar-refractivity contribution is 0.350. The van der Waals surface area contributed by atoms with Gasteiger partial charge in [-0.3, -0.25) is 0 Å². The van der Waals surface area contributed by atoms with Crippen molar-refractivity contribution in [1.82, 2.24) is 9.97 Å². The second kappa shape index (κ2) is 15.8. The number of benzene rings is 8. The Morgan fingerprint density at radius 2 is 0.576 bits per heavy atom. The summed E-state index contributed by atoms with van der Waals surface area (Å²) in [4.78, 5) is 10.9. The molecule has 2 heteroatoms. The van der Waals surface area contributed by atoms with Gasteiger partial charge in [-0.2, -0.15) is 0 Å². The van der Waals surface area contributed by atoms with Crippen LogP contribution in [0.25, 0.3) is 89.5 Å². The van der Waals surface area contributed by atoms with Gasteiger partial charge in [0, 0.05) is 33.1 Å². The Bertz CT molecular complexity index is 3260. The number of nitrogens with zero attached hydrogens (tertiary/aromatic N) is 2. The van der Waals surface area contributed by atoms with Crippen LogP contribution in [0.5, 0.6) is 0 Å². The first-order valence-electron chi connectivity index (χ1n) is 24.4. The van der Waals surface area contributed by atoms with E-state index in [1.165, 1.54) is 109 Å². The smallest absolute Gasteiger partial charge is 0.0973 e. The zero-order chi connectivity index (χ0) is 43.7. The highest BCUT2D eigenvalue weighted by molar-refractivity contribution is 5.92. The summed E-state index contributed by atoms with van der Waals surface area (Å²) in [6.07, 6.45) is 12.9. The fourth-order valence-corrected chi connectivity index (χ4v) is 12.7. The Kier molecular flexibility index (Phi) is 9.38. The lowest BCUT2D eigenvalue weighted by Gasteiger charge is -2.37. The highest BCUT2D eigenvalue weighted by atomic mass is 14.9. The lowest BCUT2D eigenvalue weighted by Crippen LogP contribution is -2.29. The van der Waals surface area contributed by atoms with E-state index in [9.17, 15) is 0 Å². The van der Waals surface area contributed by atoms with Gasteiger partial charge in [0.1, 0.15) is 0 Å². The van der Waals surface area contributed by atoms with Crippen LogP contribution < -0.4 is 0 Å². The molecule has 2 nitrogen and oxygen atoms in total. The van der Waals surface area contributed by atoms with Gasteiger partial charge < -0.3 is 0 Å². The van der Waals surface area contributed by atoms with Crippen molar-refractivity contribution in [2.75, 3.05) is 0 Å². The quantitative estimate of drug-likeness (QED) is 0.167. The largest absolute Gasteiger partial charge is 0.243 e. The number of fused-ring (bicyclic) bond motifs is 10. The molecule has 0 aliphatic heterocycles. The lowest BCUT2D eigenvalue weighted by atomic mass is 9.66. The Morgan fingerprint density at radius 3 is 1.05 bits per heavy atom. The van der Waals surface area contributed by atoms with Crippen molar-refractivity contribution in [1.29, 1.82) is 0 Å². The average molecular weight is 849 g/mol. The summed E-state index contributed by atoms with van der Waals surface area (Å²) in [5.41, 5.74) is 25.3. The van der Waals surface area contributed by atoms with Crippen LogP contribution in [0.3, 0.4) is 0 Å². The van der Waals surface area contributed by atoms with E-state index in [1.54, 1.807) is 22.3 Å². The van der Waals surface area contributed by atoms with Crippen molar-refractivity contribution < 1.29 is 0 Å². The molecule has 66 heavy (non-hydrogen) atoms. The first-order chi connectivity index (χ1) is 32.7. The minimum absolute atomic E-state index is 0.0847. The highest BCUT2D eigenvalue weighted by Crippen LogP contribution is 2.62. The minimum atomic E-state index is 0.0847. The Morgan fingerprint density at radius 1 is 0.242 bits per heavy atom. The molecule has 318 valence electrons. The van der Waals surface area contributed by atoms with Crippen LogP contribution in [0.2, 0.25) is 0 Å². The molecule has 2 fully saturated rings. The summed E-state index contributed by atoms with van der Waals surface area (Å²) >= 11 is 0. The van der Waals surface area contributed by atoms with Gasteiger partial charge in [-0.05, 0) is 111 Å². The fourth-order valence-electron chi connectivity index (χ4n) is 12.7. The van der Waals surface area contributed by atoms with Crippen molar-refractivity contribution in [2.45, 2.75) is 75.0 Å². The van der Waals surface area contributed by atoms with E-state index >= 15 is 0 Å². The average Bonchev–Trinajstić information content (AvgIpc) is 3.80. The first kappa shape index (κ1) is 39.2. The Balaban J connectivity index is 0.848. The predicted molar refractivity (Wildman–Crippen MR) is 273 cm³/mol. The molecule has 0 unspecified atom stereocenters. The van der Waals surface area contributed by atoms with E-state index in [1.807, 2.05) is 6.07 Å². The van der Waals surface area contributed by atoms with E-state index in [0.717, 1.165) is 45.0 Å². The maximum absolute atomic E-state index is 5.47. The molecule has 13 rings (SSSR count). The molecule has 9 aromatic rings. The van der Waals surface area contributed by atoms with E-state index in [0.29, 0.717) is 0 Å². The third-order valence-corrected chi connectivity index (χ3v) is 15.9. The molecule has 0 radical (unpaired) electrons. The van der Waals surface area contributed by atoms with Crippen LogP contribution in [0.1, 0.15) is 86.5 Å². The highest BCUT2D eigenvalue weighted by Gasteiger charge is 2.49. The van der Waals surface area contributed by atoms with Gasteiger partial charge in [-0.1, -0.05) is 214 Å². The van der Waals surface area contributed by atoms with E-state index in [4.69, 9.17) is 9.97 Å². The molecule has 2 saturated carbocycles. The first-order valence-corrected chi connectivity index (χ1v) is 24.4. The van der Waals surface area contributed by atoms with Crippen LogP contribution in [0.15, 0.2) is 194 Å². The normalized spacial score (nSPS) is 16.1. The molecule has 0 N–H and O–H groups in total. The SMILES string of the molecule is c1ccc(-c2nc(-c3ccccc3)c(-c3ccc(-c4ccc(-c5ccc6c(c5)C5(CCCCC5)c5cc7c(cc5-6)C5(CCCCC5)c5ccccc5-7)cc4)cc3)nc2-c2ccccc2)cc1. The molecular formula is C64H52N2. The topological polar surface area (TPSA) is 25.8 Å². The molecule has 8 aromatic carbocycles. The maximum Gasteiger partial charge on any atom is 0.0973 e. The maximum atomic E-state index is 5.47. The van der Waals surface area contributed by atoms with Crippen molar-refractivity contribution in [3.8, 4) is 89.5 Å². The molecule has 0 bridgehead atoms. The molecule has 0 atom stereocenters. The standard InChI is InChI=1S/C64H52N2/c1-6-18-46(19-7-1)59-60(47-20-8-2-9-21-47)66-62(61(65-59)48-22-10-3-11-23-48)49-32-30-44(31-33-49)43-26-28-45(29-27-43)50-34-35-52-54-42-57-53(41-58(54)64(56(52)40-50)38-16-5-17-39-64)51-24-12-13-25-55(51)63(57)36-14-4-15-37-63/h1-3,6-13,18-35,40-42H,4-5,14-17,36-39H2. The second-order valence-electron chi connectivity index (χ2n) is 19.4.